The largest absolute Gasteiger partial charge is 0.382 e. The molecule has 110 valence electrons. The number of carbonyl (C=O) groups is 1. The molecule has 0 atom stereocenters. The molecule has 0 spiro atoms. The molecule has 2 N–H and O–H groups in total. The molecule has 0 radical (unpaired) electrons. The molecule has 0 bridgehead atoms. The van der Waals surface area contributed by atoms with Crippen LogP contribution < -0.4 is 10.6 Å². The molecule has 2 rings (SSSR count). The van der Waals surface area contributed by atoms with Crippen molar-refractivity contribution < 1.29 is 13.6 Å². The molecule has 2 aromatic rings. The minimum atomic E-state index is -0.507. The van der Waals surface area contributed by atoms with Crippen LogP contribution in [-0.2, 0) is 0 Å². The van der Waals surface area contributed by atoms with E-state index in [1.165, 1.54) is 30.3 Å². The standard InChI is InChI=1S/C15H15F2N3O/c1-2-8-18-14-11(4-3-5-12(14)17)15(21)20-13-7-6-10(16)9-19-13/h3-7,9,18H,2,8H2,1H3,(H,19,20,21). The Balaban J connectivity index is 2.22. The van der Waals surface area contributed by atoms with Crippen molar-refractivity contribution in [3.8, 4) is 0 Å². The van der Waals surface area contributed by atoms with Crippen LogP contribution in [0.25, 0.3) is 0 Å². The van der Waals surface area contributed by atoms with E-state index in [0.29, 0.717) is 6.54 Å². The van der Waals surface area contributed by atoms with Gasteiger partial charge in [0.25, 0.3) is 5.91 Å². The molecule has 0 aliphatic heterocycles. The molecule has 4 nitrogen and oxygen atoms in total. The number of halogens is 2. The Hall–Kier alpha value is -2.50. The first-order valence-corrected chi connectivity index (χ1v) is 6.57. The molecule has 0 saturated carbocycles. The van der Waals surface area contributed by atoms with Gasteiger partial charge in [0.15, 0.2) is 0 Å². The van der Waals surface area contributed by atoms with Gasteiger partial charge in [-0.3, -0.25) is 4.79 Å². The van der Waals surface area contributed by atoms with Crippen LogP contribution in [0.3, 0.4) is 0 Å². The molecular formula is C15H15F2N3O. The summed E-state index contributed by atoms with van der Waals surface area (Å²) in [5.41, 5.74) is 0.327. The maximum Gasteiger partial charge on any atom is 0.259 e. The van der Waals surface area contributed by atoms with Gasteiger partial charge in [0.2, 0.25) is 0 Å². The van der Waals surface area contributed by atoms with Gasteiger partial charge in [-0.25, -0.2) is 13.8 Å². The van der Waals surface area contributed by atoms with Gasteiger partial charge in [0.1, 0.15) is 17.5 Å². The second-order valence-electron chi connectivity index (χ2n) is 4.40. The summed E-state index contributed by atoms with van der Waals surface area (Å²) in [4.78, 5) is 15.9. The maximum atomic E-state index is 13.8. The van der Waals surface area contributed by atoms with Crippen LogP contribution >= 0.6 is 0 Å². The summed E-state index contributed by atoms with van der Waals surface area (Å²) in [5, 5.41) is 5.40. The number of amides is 1. The highest BCUT2D eigenvalue weighted by Gasteiger charge is 2.15. The number of nitrogens with zero attached hydrogens (tertiary/aromatic N) is 1. The lowest BCUT2D eigenvalue weighted by Crippen LogP contribution is -2.16. The predicted molar refractivity (Wildman–Crippen MR) is 77.3 cm³/mol. The van der Waals surface area contributed by atoms with Crippen LogP contribution in [0.5, 0.6) is 0 Å². The van der Waals surface area contributed by atoms with E-state index in [0.717, 1.165) is 12.6 Å². The van der Waals surface area contributed by atoms with E-state index in [9.17, 15) is 13.6 Å². The van der Waals surface area contributed by atoms with Gasteiger partial charge in [-0.2, -0.15) is 0 Å². The molecule has 21 heavy (non-hydrogen) atoms. The number of carbonyl (C=O) groups excluding carboxylic acids is 1. The zero-order valence-electron chi connectivity index (χ0n) is 11.5. The van der Waals surface area contributed by atoms with Gasteiger partial charge in [0.05, 0.1) is 17.4 Å². The van der Waals surface area contributed by atoms with Crippen molar-refractivity contribution in [1.82, 2.24) is 4.98 Å². The van der Waals surface area contributed by atoms with Gasteiger partial charge >= 0.3 is 0 Å². The maximum absolute atomic E-state index is 13.8. The lowest BCUT2D eigenvalue weighted by molar-refractivity contribution is 0.102. The lowest BCUT2D eigenvalue weighted by atomic mass is 10.1. The van der Waals surface area contributed by atoms with Crippen LogP contribution in [0.1, 0.15) is 23.7 Å². The Morgan fingerprint density at radius 3 is 2.71 bits per heavy atom. The summed E-state index contributed by atoms with van der Waals surface area (Å²) < 4.78 is 26.6. The summed E-state index contributed by atoms with van der Waals surface area (Å²) >= 11 is 0. The highest BCUT2D eigenvalue weighted by atomic mass is 19.1. The molecule has 0 unspecified atom stereocenters. The molecular weight excluding hydrogens is 276 g/mol. The SMILES string of the molecule is CCCNc1c(F)cccc1C(=O)Nc1ccc(F)cn1. The van der Waals surface area contributed by atoms with E-state index in [2.05, 4.69) is 15.6 Å². The quantitative estimate of drug-likeness (QED) is 0.887. The van der Waals surface area contributed by atoms with Crippen molar-refractivity contribution >= 4 is 17.4 Å². The third kappa shape index (κ3) is 3.75. The topological polar surface area (TPSA) is 54.0 Å². The minimum Gasteiger partial charge on any atom is -0.382 e. The zero-order chi connectivity index (χ0) is 15.2. The first-order chi connectivity index (χ1) is 10.1. The fourth-order valence-electron chi connectivity index (χ4n) is 1.78. The summed E-state index contributed by atoms with van der Waals surface area (Å²) in [6, 6.07) is 6.78. The van der Waals surface area contributed by atoms with Gasteiger partial charge in [-0.05, 0) is 30.7 Å². The number of pyridine rings is 1. The summed E-state index contributed by atoms with van der Waals surface area (Å²) in [5.74, 6) is -1.30. The van der Waals surface area contributed by atoms with Crippen molar-refractivity contribution in [3.05, 3.63) is 53.7 Å². The summed E-state index contributed by atoms with van der Waals surface area (Å²) in [6.45, 7) is 2.49. The van der Waals surface area contributed by atoms with Gasteiger partial charge < -0.3 is 10.6 Å². The predicted octanol–water partition coefficient (Wildman–Crippen LogP) is 3.43. The molecule has 6 heteroatoms. The van der Waals surface area contributed by atoms with Crippen molar-refractivity contribution in [2.45, 2.75) is 13.3 Å². The third-order valence-electron chi connectivity index (χ3n) is 2.78. The molecule has 1 aromatic carbocycles. The number of hydrogen-bond donors (Lipinski definition) is 2. The lowest BCUT2D eigenvalue weighted by Gasteiger charge is -2.12. The average Bonchev–Trinajstić information content (AvgIpc) is 2.48. The van der Waals surface area contributed by atoms with Crippen LogP contribution in [0.2, 0.25) is 0 Å². The number of rotatable bonds is 5. The molecule has 0 fully saturated rings. The minimum absolute atomic E-state index is 0.152. The Morgan fingerprint density at radius 2 is 2.05 bits per heavy atom. The number of anilines is 2. The van der Waals surface area contributed by atoms with E-state index in [-0.39, 0.29) is 17.1 Å². The van der Waals surface area contributed by atoms with E-state index in [1.807, 2.05) is 6.92 Å². The Morgan fingerprint density at radius 1 is 1.24 bits per heavy atom. The van der Waals surface area contributed by atoms with E-state index in [1.54, 1.807) is 0 Å². The van der Waals surface area contributed by atoms with E-state index >= 15 is 0 Å². The Kier molecular flexibility index (Phi) is 4.81. The third-order valence-corrected chi connectivity index (χ3v) is 2.78. The van der Waals surface area contributed by atoms with Crippen molar-refractivity contribution in [2.75, 3.05) is 17.2 Å². The number of benzene rings is 1. The van der Waals surface area contributed by atoms with Crippen LogP contribution in [0, 0.1) is 11.6 Å². The zero-order valence-corrected chi connectivity index (χ0v) is 11.5. The first kappa shape index (κ1) is 14.9. The van der Waals surface area contributed by atoms with Crippen LogP contribution in [0.4, 0.5) is 20.3 Å². The van der Waals surface area contributed by atoms with Gasteiger partial charge in [0, 0.05) is 6.54 Å². The van der Waals surface area contributed by atoms with Crippen LogP contribution in [0.15, 0.2) is 36.5 Å². The number of nitrogens with one attached hydrogen (secondary N) is 2. The van der Waals surface area contributed by atoms with Crippen LogP contribution in [-0.4, -0.2) is 17.4 Å². The average molecular weight is 291 g/mol. The molecule has 0 aliphatic rings. The summed E-state index contributed by atoms with van der Waals surface area (Å²) in [6.07, 6.45) is 1.80. The highest BCUT2D eigenvalue weighted by Crippen LogP contribution is 2.21. The molecule has 0 saturated heterocycles. The van der Waals surface area contributed by atoms with Crippen molar-refractivity contribution in [3.63, 3.8) is 0 Å². The van der Waals surface area contributed by atoms with E-state index in [4.69, 9.17) is 0 Å². The Bertz CT molecular complexity index is 629. The number of aromatic nitrogens is 1. The second kappa shape index (κ2) is 6.78. The number of hydrogen-bond acceptors (Lipinski definition) is 3. The number of para-hydroxylation sites is 1. The highest BCUT2D eigenvalue weighted by molar-refractivity contribution is 6.07. The fourth-order valence-corrected chi connectivity index (χ4v) is 1.78. The molecule has 1 heterocycles. The summed E-state index contributed by atoms with van der Waals surface area (Å²) in [7, 11) is 0. The van der Waals surface area contributed by atoms with Crippen molar-refractivity contribution in [2.24, 2.45) is 0 Å². The molecule has 1 amide bonds. The van der Waals surface area contributed by atoms with Gasteiger partial charge in [-0.15, -0.1) is 0 Å². The van der Waals surface area contributed by atoms with Gasteiger partial charge in [-0.1, -0.05) is 13.0 Å². The normalized spacial score (nSPS) is 10.2. The Labute approximate surface area is 121 Å². The van der Waals surface area contributed by atoms with Crippen molar-refractivity contribution in [1.29, 1.82) is 0 Å². The monoisotopic (exact) mass is 291 g/mol. The first-order valence-electron chi connectivity index (χ1n) is 6.57. The second-order valence-corrected chi connectivity index (χ2v) is 4.40. The fraction of sp³-hybridized carbons (Fsp3) is 0.200. The molecule has 1 aromatic heterocycles. The van der Waals surface area contributed by atoms with E-state index < -0.39 is 17.5 Å². The smallest absolute Gasteiger partial charge is 0.259 e. The molecule has 0 aliphatic carbocycles.